The van der Waals surface area contributed by atoms with E-state index in [1.807, 2.05) is 29.5 Å². The van der Waals surface area contributed by atoms with Crippen molar-refractivity contribution in [2.45, 2.75) is 13.0 Å². The van der Waals surface area contributed by atoms with E-state index in [0.29, 0.717) is 6.54 Å². The quantitative estimate of drug-likeness (QED) is 0.849. The molecule has 1 saturated heterocycles. The number of piperazine rings is 1. The van der Waals surface area contributed by atoms with Crippen molar-refractivity contribution in [2.24, 2.45) is 0 Å². The Morgan fingerprint density at radius 2 is 1.88 bits per heavy atom. The van der Waals surface area contributed by atoms with E-state index >= 15 is 0 Å². The maximum Gasteiger partial charge on any atom is 0.304 e. The molecule has 1 fully saturated rings. The third-order valence-corrected chi connectivity index (χ3v) is 5.61. The Kier molecular flexibility index (Phi) is 5.89. The lowest BCUT2D eigenvalue weighted by Gasteiger charge is -2.34. The molecule has 1 aromatic carbocycles. The fourth-order valence-electron chi connectivity index (χ4n) is 2.90. The van der Waals surface area contributed by atoms with Crippen LogP contribution in [0.15, 0.2) is 36.4 Å². The minimum absolute atomic E-state index is 0.230. The number of carbonyl (C=O) groups is 1. The summed E-state index contributed by atoms with van der Waals surface area (Å²) < 4.78 is 0. The Bertz CT molecular complexity index is 696. The number of nitrogens with zero attached hydrogens (tertiary/aromatic N) is 2. The molecule has 1 aliphatic heterocycles. The molecule has 2 aromatic rings. The van der Waals surface area contributed by atoms with Crippen molar-refractivity contribution in [2.75, 3.05) is 32.7 Å². The van der Waals surface area contributed by atoms with Gasteiger partial charge >= 0.3 is 5.97 Å². The van der Waals surface area contributed by atoms with Gasteiger partial charge in [-0.15, -0.1) is 11.3 Å². The number of thiophene rings is 1. The van der Waals surface area contributed by atoms with Crippen LogP contribution in [-0.4, -0.2) is 53.6 Å². The Labute approximate surface area is 151 Å². The molecule has 0 unspecified atom stereocenters. The number of aliphatic carboxylic acids is 1. The largest absolute Gasteiger partial charge is 0.481 e. The predicted octanol–water partition coefficient (Wildman–Crippen LogP) is 3.66. The fraction of sp³-hybridized carbons (Fsp3) is 0.389. The van der Waals surface area contributed by atoms with Gasteiger partial charge in [-0.25, -0.2) is 0 Å². The number of hydrogen-bond acceptors (Lipinski definition) is 4. The van der Waals surface area contributed by atoms with Crippen LogP contribution < -0.4 is 0 Å². The average Bonchev–Trinajstić information content (AvgIpc) is 3.03. The first-order valence-corrected chi connectivity index (χ1v) is 9.31. The maximum atomic E-state index is 10.6. The maximum absolute atomic E-state index is 10.6. The number of carboxylic acids is 1. The molecule has 0 spiro atoms. The molecule has 24 heavy (non-hydrogen) atoms. The van der Waals surface area contributed by atoms with Gasteiger partial charge in [-0.05, 0) is 29.8 Å². The van der Waals surface area contributed by atoms with Crippen LogP contribution in [0.2, 0.25) is 5.02 Å². The van der Waals surface area contributed by atoms with Crippen LogP contribution in [0, 0.1) is 0 Å². The highest BCUT2D eigenvalue weighted by atomic mass is 35.5. The minimum Gasteiger partial charge on any atom is -0.481 e. The molecule has 1 aromatic heterocycles. The average molecular weight is 365 g/mol. The molecule has 3 rings (SSSR count). The molecule has 128 valence electrons. The van der Waals surface area contributed by atoms with Crippen LogP contribution >= 0.6 is 22.9 Å². The normalized spacial score (nSPS) is 16.4. The minimum atomic E-state index is -0.718. The SMILES string of the molecule is O=C(O)CCN1CCN(Cc2ccc(-c3cccc(Cl)c3)s2)CC1. The van der Waals surface area contributed by atoms with Gasteiger partial charge in [0.1, 0.15) is 0 Å². The van der Waals surface area contributed by atoms with Crippen LogP contribution in [-0.2, 0) is 11.3 Å². The van der Waals surface area contributed by atoms with Gasteiger partial charge in [-0.2, -0.15) is 0 Å². The fourth-order valence-corrected chi connectivity index (χ4v) is 4.14. The Morgan fingerprint density at radius 1 is 1.12 bits per heavy atom. The van der Waals surface area contributed by atoms with E-state index in [4.69, 9.17) is 16.7 Å². The molecule has 0 radical (unpaired) electrons. The van der Waals surface area contributed by atoms with E-state index in [9.17, 15) is 4.79 Å². The lowest BCUT2D eigenvalue weighted by molar-refractivity contribution is -0.137. The van der Waals surface area contributed by atoms with Crippen molar-refractivity contribution in [1.29, 1.82) is 0 Å². The first-order chi connectivity index (χ1) is 11.6. The number of rotatable bonds is 6. The molecule has 6 heteroatoms. The molecular formula is C18H21ClN2O2S. The second-order valence-electron chi connectivity index (χ2n) is 6.04. The Balaban J connectivity index is 1.52. The lowest BCUT2D eigenvalue weighted by atomic mass is 10.2. The second-order valence-corrected chi connectivity index (χ2v) is 7.64. The van der Waals surface area contributed by atoms with Crippen LogP contribution in [0.4, 0.5) is 0 Å². The smallest absolute Gasteiger partial charge is 0.304 e. The number of hydrogen-bond donors (Lipinski definition) is 1. The first-order valence-electron chi connectivity index (χ1n) is 8.11. The van der Waals surface area contributed by atoms with Gasteiger partial charge in [-0.3, -0.25) is 9.69 Å². The van der Waals surface area contributed by atoms with Crippen LogP contribution in [0.3, 0.4) is 0 Å². The summed E-state index contributed by atoms with van der Waals surface area (Å²) in [6.07, 6.45) is 0.230. The van der Waals surface area contributed by atoms with E-state index in [-0.39, 0.29) is 6.42 Å². The summed E-state index contributed by atoms with van der Waals surface area (Å²) in [7, 11) is 0. The highest BCUT2D eigenvalue weighted by Gasteiger charge is 2.18. The second kappa shape index (κ2) is 8.12. The monoisotopic (exact) mass is 364 g/mol. The highest BCUT2D eigenvalue weighted by molar-refractivity contribution is 7.15. The first kappa shape index (κ1) is 17.4. The van der Waals surface area contributed by atoms with E-state index < -0.39 is 5.97 Å². The van der Waals surface area contributed by atoms with Crippen molar-refractivity contribution in [3.8, 4) is 10.4 Å². The number of carboxylic acid groups (broad SMARTS) is 1. The topological polar surface area (TPSA) is 43.8 Å². The van der Waals surface area contributed by atoms with Crippen LogP contribution in [0.1, 0.15) is 11.3 Å². The summed E-state index contributed by atoms with van der Waals surface area (Å²) in [6.45, 7) is 5.48. The van der Waals surface area contributed by atoms with Gasteiger partial charge in [0.05, 0.1) is 6.42 Å². The van der Waals surface area contributed by atoms with Gasteiger partial charge in [-0.1, -0.05) is 23.7 Å². The molecule has 0 aliphatic carbocycles. The summed E-state index contributed by atoms with van der Waals surface area (Å²) in [4.78, 5) is 17.9. The van der Waals surface area contributed by atoms with E-state index in [2.05, 4.69) is 28.0 Å². The third-order valence-electron chi connectivity index (χ3n) is 4.26. The summed E-state index contributed by atoms with van der Waals surface area (Å²) >= 11 is 7.88. The van der Waals surface area contributed by atoms with Crippen molar-refractivity contribution >= 4 is 28.9 Å². The standard InChI is InChI=1S/C18H21ClN2O2S/c19-15-3-1-2-14(12-15)17-5-4-16(24-17)13-21-10-8-20(9-11-21)7-6-18(22)23/h1-5,12H,6-11,13H2,(H,22,23). The number of halogens is 1. The molecule has 0 amide bonds. The van der Waals surface area contributed by atoms with Gasteiger partial charge in [0.2, 0.25) is 0 Å². The molecule has 1 aliphatic rings. The third kappa shape index (κ3) is 4.80. The lowest BCUT2D eigenvalue weighted by Crippen LogP contribution is -2.46. The van der Waals surface area contributed by atoms with Crippen molar-refractivity contribution in [1.82, 2.24) is 9.80 Å². The van der Waals surface area contributed by atoms with Gasteiger partial charge in [0.25, 0.3) is 0 Å². The van der Waals surface area contributed by atoms with E-state index in [0.717, 1.165) is 43.3 Å². The van der Waals surface area contributed by atoms with Crippen molar-refractivity contribution < 1.29 is 9.90 Å². The highest BCUT2D eigenvalue weighted by Crippen LogP contribution is 2.30. The Hall–Kier alpha value is -1.40. The molecule has 4 nitrogen and oxygen atoms in total. The van der Waals surface area contributed by atoms with Crippen molar-refractivity contribution in [3.05, 3.63) is 46.3 Å². The van der Waals surface area contributed by atoms with Crippen LogP contribution in [0.5, 0.6) is 0 Å². The molecule has 1 N–H and O–H groups in total. The van der Waals surface area contributed by atoms with Crippen molar-refractivity contribution in [3.63, 3.8) is 0 Å². The molecule has 0 bridgehead atoms. The zero-order chi connectivity index (χ0) is 16.9. The predicted molar refractivity (Wildman–Crippen MR) is 98.7 cm³/mol. The van der Waals surface area contributed by atoms with Gasteiger partial charge in [0.15, 0.2) is 0 Å². The van der Waals surface area contributed by atoms with E-state index in [1.54, 1.807) is 0 Å². The summed E-state index contributed by atoms with van der Waals surface area (Å²) in [5.74, 6) is -0.718. The molecule has 0 saturated carbocycles. The molecule has 0 atom stereocenters. The summed E-state index contributed by atoms with van der Waals surface area (Å²) in [5, 5.41) is 9.52. The Morgan fingerprint density at radius 3 is 2.58 bits per heavy atom. The molecule has 2 heterocycles. The van der Waals surface area contributed by atoms with Gasteiger partial charge in [0, 0.05) is 54.0 Å². The van der Waals surface area contributed by atoms with E-state index in [1.165, 1.54) is 9.75 Å². The summed E-state index contributed by atoms with van der Waals surface area (Å²) in [6, 6.07) is 12.3. The van der Waals surface area contributed by atoms with Crippen LogP contribution in [0.25, 0.3) is 10.4 Å². The summed E-state index contributed by atoms with van der Waals surface area (Å²) in [5.41, 5.74) is 1.16. The molecular weight excluding hydrogens is 344 g/mol. The number of benzene rings is 1. The zero-order valence-corrected chi connectivity index (χ0v) is 15.0. The zero-order valence-electron chi connectivity index (χ0n) is 13.4. The van der Waals surface area contributed by atoms with Gasteiger partial charge < -0.3 is 10.0 Å².